The van der Waals surface area contributed by atoms with E-state index >= 15 is 0 Å². The van der Waals surface area contributed by atoms with E-state index in [4.69, 9.17) is 21.1 Å². The van der Waals surface area contributed by atoms with E-state index in [0.29, 0.717) is 0 Å². The van der Waals surface area contributed by atoms with Gasteiger partial charge in [-0.3, -0.25) is 0 Å². The molecule has 0 aromatic rings. The van der Waals surface area contributed by atoms with Crippen LogP contribution in [0.2, 0.25) is 0 Å². The van der Waals surface area contributed by atoms with Crippen LogP contribution in [0.5, 0.6) is 0 Å². The second kappa shape index (κ2) is 10.2. The molecule has 2 nitrogen and oxygen atoms in total. The van der Waals surface area contributed by atoms with Crippen LogP contribution >= 0.6 is 11.6 Å². The topological polar surface area (TPSA) is 18.5 Å². The molecule has 0 aromatic carbocycles. The normalized spacial score (nSPS) is 10.4. The molecule has 0 bridgehead atoms. The van der Waals surface area contributed by atoms with Gasteiger partial charge in [-0.1, -0.05) is 0 Å². The van der Waals surface area contributed by atoms with Crippen molar-refractivity contribution in [1.82, 2.24) is 0 Å². The molecule has 0 rings (SSSR count). The predicted molar refractivity (Wildman–Crippen MR) is 47.3 cm³/mol. The molecule has 0 fully saturated rings. The molecule has 0 radical (unpaired) electrons. The van der Waals surface area contributed by atoms with E-state index in [-0.39, 0.29) is 0 Å². The first-order valence-electron chi connectivity index (χ1n) is 4.04. The summed E-state index contributed by atoms with van der Waals surface area (Å²) >= 11 is 5.49. The third kappa shape index (κ3) is 10.2. The summed E-state index contributed by atoms with van der Waals surface area (Å²) < 4.78 is 10.2. The van der Waals surface area contributed by atoms with E-state index in [0.717, 1.165) is 45.0 Å². The van der Waals surface area contributed by atoms with Gasteiger partial charge in [0.2, 0.25) is 0 Å². The summed E-state index contributed by atoms with van der Waals surface area (Å²) in [5.41, 5.74) is 0. The second-order valence-electron chi connectivity index (χ2n) is 2.35. The lowest BCUT2D eigenvalue weighted by Gasteiger charge is -2.01. The van der Waals surface area contributed by atoms with E-state index in [9.17, 15) is 0 Å². The van der Waals surface area contributed by atoms with Crippen molar-refractivity contribution in [2.24, 2.45) is 0 Å². The molecule has 0 amide bonds. The van der Waals surface area contributed by atoms with Crippen molar-refractivity contribution in [3.05, 3.63) is 0 Å². The molecule has 68 valence electrons. The van der Waals surface area contributed by atoms with Gasteiger partial charge < -0.3 is 9.47 Å². The molecule has 0 aromatic heterocycles. The molecule has 0 atom stereocenters. The van der Waals surface area contributed by atoms with Gasteiger partial charge in [-0.2, -0.15) is 0 Å². The highest BCUT2D eigenvalue weighted by Crippen LogP contribution is 1.93. The largest absolute Gasteiger partial charge is 0.385 e. The van der Waals surface area contributed by atoms with Crippen LogP contribution in [0.4, 0.5) is 0 Å². The zero-order valence-electron chi connectivity index (χ0n) is 7.14. The fourth-order valence-electron chi connectivity index (χ4n) is 0.706. The van der Waals surface area contributed by atoms with Crippen LogP contribution in [0.1, 0.15) is 19.3 Å². The van der Waals surface area contributed by atoms with Crippen LogP contribution in [0.3, 0.4) is 0 Å². The summed E-state index contributed by atoms with van der Waals surface area (Å²) in [6.45, 7) is 2.42. The average Bonchev–Trinajstić information content (AvgIpc) is 2.03. The number of hydrogen-bond acceptors (Lipinski definition) is 2. The molecule has 0 aliphatic rings. The SMILES string of the molecule is COCCCOCCCCCl. The van der Waals surface area contributed by atoms with Crippen LogP contribution in [0.15, 0.2) is 0 Å². The van der Waals surface area contributed by atoms with Gasteiger partial charge in [0.1, 0.15) is 0 Å². The minimum atomic E-state index is 0.738. The zero-order chi connectivity index (χ0) is 8.36. The first kappa shape index (κ1) is 11.2. The Labute approximate surface area is 73.8 Å². The fraction of sp³-hybridized carbons (Fsp3) is 1.00. The first-order valence-corrected chi connectivity index (χ1v) is 4.58. The maximum absolute atomic E-state index is 5.49. The molecule has 3 heteroatoms. The number of halogens is 1. The van der Waals surface area contributed by atoms with Gasteiger partial charge in [0, 0.05) is 32.8 Å². The molecule has 0 N–H and O–H groups in total. The molecular formula is C8H17ClO2. The lowest BCUT2D eigenvalue weighted by Crippen LogP contribution is -2.00. The van der Waals surface area contributed by atoms with Crippen LogP contribution in [0, 0.1) is 0 Å². The minimum Gasteiger partial charge on any atom is -0.385 e. The maximum Gasteiger partial charge on any atom is 0.0487 e. The van der Waals surface area contributed by atoms with Crippen LogP contribution in [0.25, 0.3) is 0 Å². The summed E-state index contributed by atoms with van der Waals surface area (Å²) in [4.78, 5) is 0. The van der Waals surface area contributed by atoms with Crippen molar-refractivity contribution < 1.29 is 9.47 Å². The summed E-state index contributed by atoms with van der Waals surface area (Å²) in [6.07, 6.45) is 3.10. The van der Waals surface area contributed by atoms with Gasteiger partial charge in [0.05, 0.1) is 0 Å². The summed E-state index contributed by atoms with van der Waals surface area (Å²) in [5, 5.41) is 0. The van der Waals surface area contributed by atoms with E-state index in [1.54, 1.807) is 7.11 Å². The Morgan fingerprint density at radius 1 is 1.00 bits per heavy atom. The molecule has 0 aliphatic carbocycles. The lowest BCUT2D eigenvalue weighted by molar-refractivity contribution is 0.101. The van der Waals surface area contributed by atoms with Crippen LogP contribution in [-0.2, 0) is 9.47 Å². The Morgan fingerprint density at radius 2 is 1.73 bits per heavy atom. The molecule has 0 spiro atoms. The van der Waals surface area contributed by atoms with E-state index in [2.05, 4.69) is 0 Å². The van der Waals surface area contributed by atoms with Gasteiger partial charge in [0.25, 0.3) is 0 Å². The Hall–Kier alpha value is 0.210. The highest BCUT2D eigenvalue weighted by molar-refractivity contribution is 6.17. The van der Waals surface area contributed by atoms with E-state index in [1.165, 1.54) is 0 Å². The summed E-state index contributed by atoms with van der Waals surface area (Å²) in [6, 6.07) is 0. The van der Waals surface area contributed by atoms with Gasteiger partial charge in [0.15, 0.2) is 0 Å². The Balaban J connectivity index is 2.69. The smallest absolute Gasteiger partial charge is 0.0487 e. The number of rotatable bonds is 8. The number of ether oxygens (including phenoxy) is 2. The van der Waals surface area contributed by atoms with E-state index in [1.807, 2.05) is 0 Å². The summed E-state index contributed by atoms with van der Waals surface area (Å²) in [5.74, 6) is 0.738. The Bertz CT molecular complexity index is 61.1. The van der Waals surface area contributed by atoms with Gasteiger partial charge in [-0.15, -0.1) is 11.6 Å². The van der Waals surface area contributed by atoms with Gasteiger partial charge in [-0.25, -0.2) is 0 Å². The van der Waals surface area contributed by atoms with Gasteiger partial charge >= 0.3 is 0 Å². The number of hydrogen-bond donors (Lipinski definition) is 0. The third-order valence-corrected chi connectivity index (χ3v) is 1.58. The Kier molecular flexibility index (Phi) is 10.4. The monoisotopic (exact) mass is 180 g/mol. The fourth-order valence-corrected chi connectivity index (χ4v) is 0.895. The first-order chi connectivity index (χ1) is 5.41. The van der Waals surface area contributed by atoms with Crippen molar-refractivity contribution >= 4 is 11.6 Å². The zero-order valence-corrected chi connectivity index (χ0v) is 7.90. The standard InChI is InChI=1S/C8H17ClO2/c1-10-6-4-8-11-7-3-2-5-9/h2-8H2,1H3. The van der Waals surface area contributed by atoms with Crippen LogP contribution < -0.4 is 0 Å². The molecule has 0 saturated heterocycles. The van der Waals surface area contributed by atoms with Crippen molar-refractivity contribution in [3.63, 3.8) is 0 Å². The minimum absolute atomic E-state index is 0.738. The maximum atomic E-state index is 5.49. The number of alkyl halides is 1. The molecule has 0 heterocycles. The van der Waals surface area contributed by atoms with Crippen molar-refractivity contribution in [1.29, 1.82) is 0 Å². The van der Waals surface area contributed by atoms with Crippen LogP contribution in [-0.4, -0.2) is 32.8 Å². The highest BCUT2D eigenvalue weighted by Gasteiger charge is 1.88. The average molecular weight is 181 g/mol. The van der Waals surface area contributed by atoms with Crippen molar-refractivity contribution in [2.75, 3.05) is 32.8 Å². The predicted octanol–water partition coefficient (Wildman–Crippen LogP) is 2.06. The molecular weight excluding hydrogens is 164 g/mol. The van der Waals surface area contributed by atoms with Crippen molar-refractivity contribution in [3.8, 4) is 0 Å². The number of unbranched alkanes of at least 4 members (excludes halogenated alkanes) is 1. The lowest BCUT2D eigenvalue weighted by atomic mass is 10.3. The van der Waals surface area contributed by atoms with E-state index < -0.39 is 0 Å². The third-order valence-electron chi connectivity index (χ3n) is 1.31. The second-order valence-corrected chi connectivity index (χ2v) is 2.73. The van der Waals surface area contributed by atoms with Gasteiger partial charge in [-0.05, 0) is 19.3 Å². The highest BCUT2D eigenvalue weighted by atomic mass is 35.5. The molecule has 11 heavy (non-hydrogen) atoms. The summed E-state index contributed by atoms with van der Waals surface area (Å²) in [7, 11) is 1.70. The quantitative estimate of drug-likeness (QED) is 0.421. The molecule has 0 unspecified atom stereocenters. The molecule has 0 saturated carbocycles. The number of methoxy groups -OCH3 is 1. The Morgan fingerprint density at radius 3 is 2.36 bits per heavy atom. The molecule has 0 aliphatic heterocycles. The van der Waals surface area contributed by atoms with Crippen molar-refractivity contribution in [2.45, 2.75) is 19.3 Å².